The lowest BCUT2D eigenvalue weighted by atomic mass is 9.98. The number of benzene rings is 1. The number of rotatable bonds is 4. The number of urea groups is 1. The van der Waals surface area contributed by atoms with Gasteiger partial charge in [0.2, 0.25) is 0 Å². The fourth-order valence-electron chi connectivity index (χ4n) is 4.46. The van der Waals surface area contributed by atoms with Gasteiger partial charge in [0.15, 0.2) is 0 Å². The van der Waals surface area contributed by atoms with Crippen molar-refractivity contribution in [2.45, 2.75) is 44.7 Å². The van der Waals surface area contributed by atoms with E-state index in [1.54, 1.807) is 0 Å². The van der Waals surface area contributed by atoms with Crippen LogP contribution in [0.15, 0.2) is 24.3 Å². The van der Waals surface area contributed by atoms with E-state index in [2.05, 4.69) is 22.3 Å². The normalized spacial score (nSPS) is 27.5. The molecule has 2 atom stereocenters. The predicted molar refractivity (Wildman–Crippen MR) is 101 cm³/mol. The van der Waals surface area contributed by atoms with Crippen molar-refractivity contribution in [2.24, 2.45) is 11.8 Å². The molecule has 25 heavy (non-hydrogen) atoms. The first-order chi connectivity index (χ1) is 12.2. The van der Waals surface area contributed by atoms with Crippen molar-refractivity contribution >= 4 is 17.6 Å². The second-order valence-corrected chi connectivity index (χ2v) is 8.31. The predicted octanol–water partition coefficient (Wildman–Crippen LogP) is 3.75. The molecular weight excluding hydrogens is 334 g/mol. The molecule has 3 fully saturated rings. The maximum Gasteiger partial charge on any atom is 0.317 e. The third-order valence-corrected chi connectivity index (χ3v) is 6.34. The summed E-state index contributed by atoms with van der Waals surface area (Å²) in [6, 6.07) is 8.63. The minimum atomic E-state index is 0.156. The van der Waals surface area contributed by atoms with Gasteiger partial charge >= 0.3 is 6.03 Å². The lowest BCUT2D eigenvalue weighted by Crippen LogP contribution is -2.53. The van der Waals surface area contributed by atoms with Crippen LogP contribution in [0.25, 0.3) is 0 Å². The topological polar surface area (TPSA) is 35.6 Å². The molecule has 1 saturated heterocycles. The zero-order valence-corrected chi connectivity index (χ0v) is 15.5. The molecule has 1 aliphatic heterocycles. The van der Waals surface area contributed by atoms with Gasteiger partial charge in [0.1, 0.15) is 0 Å². The maximum atomic E-state index is 12.6. The van der Waals surface area contributed by atoms with Gasteiger partial charge in [0.05, 0.1) is 0 Å². The lowest BCUT2D eigenvalue weighted by molar-refractivity contribution is 0.131. The Labute approximate surface area is 155 Å². The molecule has 2 aliphatic carbocycles. The summed E-state index contributed by atoms with van der Waals surface area (Å²) in [6.45, 7) is 4.44. The zero-order valence-electron chi connectivity index (χ0n) is 14.8. The molecule has 0 spiro atoms. The summed E-state index contributed by atoms with van der Waals surface area (Å²) in [5.74, 6) is 1.64. The highest BCUT2D eigenvalue weighted by Crippen LogP contribution is 2.45. The van der Waals surface area contributed by atoms with E-state index in [4.69, 9.17) is 11.6 Å². The summed E-state index contributed by atoms with van der Waals surface area (Å²) in [6.07, 6.45) is 6.51. The number of piperazine rings is 1. The molecule has 2 saturated carbocycles. The molecule has 4 nitrogen and oxygen atoms in total. The highest BCUT2D eigenvalue weighted by Gasteiger charge is 2.40. The van der Waals surface area contributed by atoms with E-state index in [-0.39, 0.29) is 6.03 Å². The first-order valence-electron chi connectivity index (χ1n) is 9.71. The summed E-state index contributed by atoms with van der Waals surface area (Å²) in [5.41, 5.74) is 1.28. The van der Waals surface area contributed by atoms with Crippen molar-refractivity contribution in [3.63, 3.8) is 0 Å². The van der Waals surface area contributed by atoms with Gasteiger partial charge in [-0.15, -0.1) is 0 Å². The highest BCUT2D eigenvalue weighted by molar-refractivity contribution is 6.30. The molecule has 1 N–H and O–H groups in total. The third-order valence-electron chi connectivity index (χ3n) is 6.08. The van der Waals surface area contributed by atoms with Crippen molar-refractivity contribution in [3.8, 4) is 0 Å². The molecule has 3 aliphatic rings. The van der Waals surface area contributed by atoms with Crippen LogP contribution < -0.4 is 5.32 Å². The number of hydrogen-bond acceptors (Lipinski definition) is 2. The third kappa shape index (κ3) is 4.29. The van der Waals surface area contributed by atoms with Crippen molar-refractivity contribution < 1.29 is 4.79 Å². The molecule has 2 amide bonds. The molecular formula is C20H28ClN3O. The van der Waals surface area contributed by atoms with Gasteiger partial charge < -0.3 is 10.2 Å². The minimum absolute atomic E-state index is 0.156. The van der Waals surface area contributed by atoms with Crippen LogP contribution in [0.5, 0.6) is 0 Å². The van der Waals surface area contributed by atoms with Gasteiger partial charge in [0, 0.05) is 43.8 Å². The van der Waals surface area contributed by atoms with Crippen LogP contribution in [0.3, 0.4) is 0 Å². The van der Waals surface area contributed by atoms with E-state index in [1.165, 1.54) is 37.7 Å². The summed E-state index contributed by atoms with van der Waals surface area (Å²) in [7, 11) is 0. The summed E-state index contributed by atoms with van der Waals surface area (Å²) in [4.78, 5) is 17.0. The number of nitrogens with one attached hydrogen (secondary N) is 1. The number of hydrogen-bond donors (Lipinski definition) is 1. The first kappa shape index (κ1) is 17.2. The van der Waals surface area contributed by atoms with Crippen LogP contribution in [0, 0.1) is 11.8 Å². The molecule has 4 rings (SSSR count). The molecule has 0 unspecified atom stereocenters. The Bertz CT molecular complexity index is 593. The second-order valence-electron chi connectivity index (χ2n) is 7.88. The van der Waals surface area contributed by atoms with Crippen molar-refractivity contribution in [2.75, 3.05) is 26.2 Å². The molecule has 136 valence electrons. The largest absolute Gasteiger partial charge is 0.335 e. The number of halogens is 1. The SMILES string of the molecule is O=C(N[C@@H]1CCC[C@@H]1C1CC1)N1CCN(Cc2ccc(Cl)cc2)CC1. The van der Waals surface area contributed by atoms with E-state index in [9.17, 15) is 4.79 Å². The highest BCUT2D eigenvalue weighted by atomic mass is 35.5. The molecule has 1 aromatic rings. The van der Waals surface area contributed by atoms with Gasteiger partial charge in [0.25, 0.3) is 0 Å². The monoisotopic (exact) mass is 361 g/mol. The van der Waals surface area contributed by atoms with Crippen LogP contribution >= 0.6 is 11.6 Å². The molecule has 0 bridgehead atoms. The Kier molecular flexibility index (Phi) is 5.18. The number of carbonyl (C=O) groups is 1. The molecule has 0 aromatic heterocycles. The van der Waals surface area contributed by atoms with E-state index in [1.807, 2.05) is 17.0 Å². The second kappa shape index (κ2) is 7.55. The molecule has 0 radical (unpaired) electrons. The van der Waals surface area contributed by atoms with Gasteiger partial charge in [-0.05, 0) is 55.2 Å². The first-order valence-corrected chi connectivity index (χ1v) is 10.1. The minimum Gasteiger partial charge on any atom is -0.335 e. The Morgan fingerprint density at radius 3 is 2.44 bits per heavy atom. The van der Waals surface area contributed by atoms with E-state index in [0.29, 0.717) is 6.04 Å². The van der Waals surface area contributed by atoms with Gasteiger partial charge in [-0.1, -0.05) is 30.2 Å². The standard InChI is InChI=1S/C20H28ClN3O/c21-17-8-4-15(5-9-17)14-23-10-12-24(13-11-23)20(25)22-19-3-1-2-18(19)16-6-7-16/h4-5,8-9,16,18-19H,1-3,6-7,10-14H2,(H,22,25)/t18-,19-/m1/s1. The average Bonchev–Trinajstić information content (AvgIpc) is 3.37. The molecule has 5 heteroatoms. The summed E-state index contributed by atoms with van der Waals surface area (Å²) in [5, 5.41) is 4.12. The van der Waals surface area contributed by atoms with E-state index in [0.717, 1.165) is 49.6 Å². The van der Waals surface area contributed by atoms with E-state index >= 15 is 0 Å². The smallest absolute Gasteiger partial charge is 0.317 e. The maximum absolute atomic E-state index is 12.6. The van der Waals surface area contributed by atoms with E-state index < -0.39 is 0 Å². The van der Waals surface area contributed by atoms with Gasteiger partial charge in [-0.3, -0.25) is 4.90 Å². The number of nitrogens with zero attached hydrogens (tertiary/aromatic N) is 2. The van der Waals surface area contributed by atoms with Crippen LogP contribution in [0.4, 0.5) is 4.79 Å². The number of amides is 2. The zero-order chi connectivity index (χ0) is 17.2. The van der Waals surface area contributed by atoms with Crippen LogP contribution in [-0.2, 0) is 6.54 Å². The average molecular weight is 362 g/mol. The van der Waals surface area contributed by atoms with Crippen LogP contribution in [0.2, 0.25) is 5.02 Å². The Hall–Kier alpha value is -1.26. The summed E-state index contributed by atoms with van der Waals surface area (Å²) < 4.78 is 0. The lowest BCUT2D eigenvalue weighted by Gasteiger charge is -2.35. The van der Waals surface area contributed by atoms with Crippen molar-refractivity contribution in [1.82, 2.24) is 15.1 Å². The van der Waals surface area contributed by atoms with Crippen molar-refractivity contribution in [1.29, 1.82) is 0 Å². The van der Waals surface area contributed by atoms with Gasteiger partial charge in [-0.2, -0.15) is 0 Å². The number of carbonyl (C=O) groups excluding carboxylic acids is 1. The Morgan fingerprint density at radius 2 is 1.76 bits per heavy atom. The van der Waals surface area contributed by atoms with Crippen molar-refractivity contribution in [3.05, 3.63) is 34.9 Å². The fraction of sp³-hybridized carbons (Fsp3) is 0.650. The Morgan fingerprint density at radius 1 is 1.04 bits per heavy atom. The molecule has 1 aromatic carbocycles. The summed E-state index contributed by atoms with van der Waals surface area (Å²) >= 11 is 5.95. The van der Waals surface area contributed by atoms with Crippen LogP contribution in [0.1, 0.15) is 37.7 Å². The quantitative estimate of drug-likeness (QED) is 0.886. The Balaban J connectivity index is 1.24. The van der Waals surface area contributed by atoms with Crippen LogP contribution in [-0.4, -0.2) is 48.1 Å². The fourth-order valence-corrected chi connectivity index (χ4v) is 4.59. The van der Waals surface area contributed by atoms with Gasteiger partial charge in [-0.25, -0.2) is 4.79 Å². The molecule has 1 heterocycles.